The minimum atomic E-state index is 0.387. The molecule has 0 aliphatic carbocycles. The highest BCUT2D eigenvalue weighted by Gasteiger charge is 2.28. The van der Waals surface area contributed by atoms with Crippen molar-refractivity contribution in [3.05, 3.63) is 0 Å². The zero-order valence-electron chi connectivity index (χ0n) is 11.2. The number of carbonyl (C=O) groups is 1. The summed E-state index contributed by atoms with van der Waals surface area (Å²) in [4.78, 5) is 14.4. The Balaban J connectivity index is 1.85. The molecule has 0 aromatic carbocycles. The second kappa shape index (κ2) is 5.85. The van der Waals surface area contributed by atoms with Gasteiger partial charge in [-0.05, 0) is 57.5 Å². The van der Waals surface area contributed by atoms with Gasteiger partial charge in [0.2, 0.25) is 5.91 Å². The Morgan fingerprint density at radius 3 is 2.82 bits per heavy atom. The Morgan fingerprint density at radius 1 is 1.29 bits per heavy atom. The second-order valence-corrected chi connectivity index (χ2v) is 5.99. The van der Waals surface area contributed by atoms with Crippen LogP contribution in [0.2, 0.25) is 0 Å². The molecule has 0 radical (unpaired) electrons. The molecule has 0 aromatic heterocycles. The fraction of sp³-hybridized carbons (Fsp3) is 0.929. The lowest BCUT2D eigenvalue weighted by Gasteiger charge is -2.38. The van der Waals surface area contributed by atoms with Gasteiger partial charge in [-0.15, -0.1) is 0 Å². The van der Waals surface area contributed by atoms with Crippen molar-refractivity contribution in [1.82, 2.24) is 10.2 Å². The highest BCUT2D eigenvalue weighted by Crippen LogP contribution is 2.24. The monoisotopic (exact) mass is 238 g/mol. The summed E-state index contributed by atoms with van der Waals surface area (Å²) in [5, 5.41) is 3.39. The Morgan fingerprint density at radius 2 is 2.12 bits per heavy atom. The van der Waals surface area contributed by atoms with Gasteiger partial charge in [0.15, 0.2) is 0 Å². The molecule has 1 N–H and O–H groups in total. The van der Waals surface area contributed by atoms with Crippen molar-refractivity contribution in [2.45, 2.75) is 52.0 Å². The lowest BCUT2D eigenvalue weighted by atomic mass is 9.92. The smallest absolute Gasteiger partial charge is 0.223 e. The molecule has 0 saturated carbocycles. The zero-order valence-corrected chi connectivity index (χ0v) is 11.2. The topological polar surface area (TPSA) is 32.3 Å². The number of carbonyl (C=O) groups excluding carboxylic acids is 1. The van der Waals surface area contributed by atoms with E-state index in [2.05, 4.69) is 24.1 Å². The van der Waals surface area contributed by atoms with Crippen LogP contribution in [0.3, 0.4) is 0 Å². The maximum absolute atomic E-state index is 12.3. The number of amides is 1. The van der Waals surface area contributed by atoms with Crippen LogP contribution in [-0.4, -0.2) is 36.5 Å². The number of piperidine rings is 2. The number of hydrogen-bond acceptors (Lipinski definition) is 2. The number of nitrogens with one attached hydrogen (secondary N) is 1. The number of hydrogen-bond donors (Lipinski definition) is 1. The molecule has 0 aromatic rings. The van der Waals surface area contributed by atoms with Crippen molar-refractivity contribution in [3.63, 3.8) is 0 Å². The molecule has 3 atom stereocenters. The van der Waals surface area contributed by atoms with Gasteiger partial charge in [-0.1, -0.05) is 6.92 Å². The maximum Gasteiger partial charge on any atom is 0.223 e. The Labute approximate surface area is 105 Å². The van der Waals surface area contributed by atoms with Gasteiger partial charge in [0.1, 0.15) is 0 Å². The van der Waals surface area contributed by atoms with Crippen LogP contribution in [-0.2, 0) is 4.79 Å². The molecule has 0 spiro atoms. The van der Waals surface area contributed by atoms with Gasteiger partial charge in [0, 0.05) is 19.0 Å². The molecule has 2 aliphatic rings. The fourth-order valence-electron chi connectivity index (χ4n) is 3.10. The van der Waals surface area contributed by atoms with Gasteiger partial charge in [0.25, 0.3) is 0 Å². The summed E-state index contributed by atoms with van der Waals surface area (Å²) in [5.41, 5.74) is 0. The van der Waals surface area contributed by atoms with Crippen LogP contribution in [0.25, 0.3) is 0 Å². The minimum Gasteiger partial charge on any atom is -0.340 e. The molecule has 2 fully saturated rings. The van der Waals surface area contributed by atoms with E-state index in [4.69, 9.17) is 0 Å². The third-order valence-corrected chi connectivity index (χ3v) is 4.30. The molecule has 3 heteroatoms. The normalized spacial score (nSPS) is 34.7. The average Bonchev–Trinajstić information content (AvgIpc) is 2.33. The quantitative estimate of drug-likeness (QED) is 0.798. The van der Waals surface area contributed by atoms with E-state index in [-0.39, 0.29) is 0 Å². The first kappa shape index (κ1) is 12.9. The minimum absolute atomic E-state index is 0.387. The largest absolute Gasteiger partial charge is 0.340 e. The highest BCUT2D eigenvalue weighted by atomic mass is 16.2. The Hall–Kier alpha value is -0.570. The van der Waals surface area contributed by atoms with E-state index in [0.717, 1.165) is 26.1 Å². The number of rotatable bonds is 2. The Bertz CT molecular complexity index is 261. The molecule has 2 aliphatic heterocycles. The van der Waals surface area contributed by atoms with Crippen molar-refractivity contribution in [2.24, 2.45) is 11.8 Å². The SMILES string of the molecule is CC1CCC(C)N(C(=O)CC2CCCNC2)C1. The molecule has 2 heterocycles. The molecular formula is C14H26N2O. The summed E-state index contributed by atoms with van der Waals surface area (Å²) in [5.74, 6) is 1.64. The summed E-state index contributed by atoms with van der Waals surface area (Å²) < 4.78 is 0. The molecule has 98 valence electrons. The van der Waals surface area contributed by atoms with E-state index in [0.29, 0.717) is 23.8 Å². The van der Waals surface area contributed by atoms with Crippen molar-refractivity contribution in [1.29, 1.82) is 0 Å². The Kier molecular flexibility index (Phi) is 4.43. The first-order chi connectivity index (χ1) is 8.16. The van der Waals surface area contributed by atoms with E-state index in [1.165, 1.54) is 25.7 Å². The van der Waals surface area contributed by atoms with Crippen LogP contribution in [0, 0.1) is 11.8 Å². The number of likely N-dealkylation sites (tertiary alicyclic amines) is 1. The lowest BCUT2D eigenvalue weighted by molar-refractivity contribution is -0.136. The summed E-state index contributed by atoms with van der Waals surface area (Å²) in [6, 6.07) is 0.454. The predicted molar refractivity (Wildman–Crippen MR) is 69.8 cm³/mol. The van der Waals surface area contributed by atoms with E-state index in [1.54, 1.807) is 0 Å². The number of nitrogens with zero attached hydrogens (tertiary/aromatic N) is 1. The van der Waals surface area contributed by atoms with Gasteiger partial charge in [-0.2, -0.15) is 0 Å². The van der Waals surface area contributed by atoms with Crippen molar-refractivity contribution in [2.75, 3.05) is 19.6 Å². The molecule has 0 bridgehead atoms. The molecule has 1 amide bonds. The first-order valence-electron chi connectivity index (χ1n) is 7.17. The molecule has 2 rings (SSSR count). The molecule has 3 unspecified atom stereocenters. The molecular weight excluding hydrogens is 212 g/mol. The van der Waals surface area contributed by atoms with Gasteiger partial charge in [-0.3, -0.25) is 4.79 Å². The summed E-state index contributed by atoms with van der Waals surface area (Å²) in [6.07, 6.45) is 5.65. The van der Waals surface area contributed by atoms with Crippen LogP contribution < -0.4 is 5.32 Å². The molecule has 3 nitrogen and oxygen atoms in total. The van der Waals surface area contributed by atoms with Crippen LogP contribution in [0.4, 0.5) is 0 Å². The van der Waals surface area contributed by atoms with Crippen molar-refractivity contribution < 1.29 is 4.79 Å². The molecule has 17 heavy (non-hydrogen) atoms. The van der Waals surface area contributed by atoms with Crippen LogP contribution in [0.5, 0.6) is 0 Å². The van der Waals surface area contributed by atoms with E-state index in [1.807, 2.05) is 0 Å². The molecule has 2 saturated heterocycles. The van der Waals surface area contributed by atoms with Gasteiger partial charge in [-0.25, -0.2) is 0 Å². The third-order valence-electron chi connectivity index (χ3n) is 4.30. The predicted octanol–water partition coefficient (Wildman–Crippen LogP) is 2.02. The standard InChI is InChI=1S/C14H26N2O/c1-11-5-6-12(2)16(10-11)14(17)8-13-4-3-7-15-9-13/h11-13,15H,3-10H2,1-2H3. The lowest BCUT2D eigenvalue weighted by Crippen LogP contribution is -2.46. The average molecular weight is 238 g/mol. The summed E-state index contributed by atoms with van der Waals surface area (Å²) in [6.45, 7) is 7.59. The van der Waals surface area contributed by atoms with E-state index in [9.17, 15) is 4.79 Å². The maximum atomic E-state index is 12.3. The van der Waals surface area contributed by atoms with Crippen LogP contribution in [0.15, 0.2) is 0 Å². The second-order valence-electron chi connectivity index (χ2n) is 5.99. The highest BCUT2D eigenvalue weighted by molar-refractivity contribution is 5.77. The first-order valence-corrected chi connectivity index (χ1v) is 7.17. The zero-order chi connectivity index (χ0) is 12.3. The van der Waals surface area contributed by atoms with Crippen molar-refractivity contribution >= 4 is 5.91 Å². The van der Waals surface area contributed by atoms with E-state index < -0.39 is 0 Å². The van der Waals surface area contributed by atoms with Crippen LogP contribution >= 0.6 is 0 Å². The van der Waals surface area contributed by atoms with Gasteiger partial charge >= 0.3 is 0 Å². The van der Waals surface area contributed by atoms with Crippen molar-refractivity contribution in [3.8, 4) is 0 Å². The fourth-order valence-corrected chi connectivity index (χ4v) is 3.10. The van der Waals surface area contributed by atoms with Gasteiger partial charge < -0.3 is 10.2 Å². The third kappa shape index (κ3) is 3.44. The van der Waals surface area contributed by atoms with Gasteiger partial charge in [0.05, 0.1) is 0 Å². The van der Waals surface area contributed by atoms with Crippen LogP contribution in [0.1, 0.15) is 46.0 Å². The summed E-state index contributed by atoms with van der Waals surface area (Å²) >= 11 is 0. The summed E-state index contributed by atoms with van der Waals surface area (Å²) in [7, 11) is 0. The van der Waals surface area contributed by atoms with E-state index >= 15 is 0 Å².